The highest BCUT2D eigenvalue weighted by atomic mass is 32.1. The lowest BCUT2D eigenvalue weighted by molar-refractivity contribution is 0.0441. The number of hydrogen-bond acceptors (Lipinski definition) is 3. The predicted molar refractivity (Wildman–Crippen MR) is 57.6 cm³/mol. The van der Waals surface area contributed by atoms with Gasteiger partial charge < -0.3 is 9.84 Å². The lowest BCUT2D eigenvalue weighted by atomic mass is 9.92. The summed E-state index contributed by atoms with van der Waals surface area (Å²) in [6, 6.07) is 2.08. The number of rotatable bonds is 3. The Balaban J connectivity index is 1.92. The molecule has 2 heterocycles. The Hall–Kier alpha value is -0.380. The summed E-state index contributed by atoms with van der Waals surface area (Å²) in [6.45, 7) is 2.85. The molecule has 0 saturated carbocycles. The second-order valence-electron chi connectivity index (χ2n) is 3.93. The predicted octanol–water partition coefficient (Wildman–Crippen LogP) is 2.08. The Morgan fingerprint density at radius 2 is 2.57 bits per heavy atom. The molecule has 0 aromatic carbocycles. The molecule has 3 unspecified atom stereocenters. The van der Waals surface area contributed by atoms with Crippen LogP contribution >= 0.6 is 11.3 Å². The fourth-order valence-electron chi connectivity index (χ4n) is 2.06. The summed E-state index contributed by atoms with van der Waals surface area (Å²) in [5, 5.41) is 14.2. The molecule has 1 aromatic rings. The van der Waals surface area contributed by atoms with Gasteiger partial charge in [0.2, 0.25) is 0 Å². The minimum atomic E-state index is -0.248. The van der Waals surface area contributed by atoms with Crippen molar-refractivity contribution in [2.24, 2.45) is 5.92 Å². The highest BCUT2D eigenvalue weighted by molar-refractivity contribution is 7.07. The standard InChI is InChI=1S/C11H16O2S/c1-8-10(2-4-13-8)11(12)6-9-3-5-14-7-9/h3,5,7-8,10-12H,2,4,6H2,1H3. The Morgan fingerprint density at radius 3 is 3.14 bits per heavy atom. The molecule has 1 aliphatic rings. The quantitative estimate of drug-likeness (QED) is 0.831. The molecular weight excluding hydrogens is 196 g/mol. The summed E-state index contributed by atoms with van der Waals surface area (Å²) in [6.07, 6.45) is 1.72. The van der Waals surface area contributed by atoms with Gasteiger partial charge in [-0.05, 0) is 42.2 Å². The molecule has 3 atom stereocenters. The van der Waals surface area contributed by atoms with E-state index in [1.807, 2.05) is 0 Å². The van der Waals surface area contributed by atoms with Crippen LogP contribution in [0.25, 0.3) is 0 Å². The number of aliphatic hydroxyl groups is 1. The molecule has 1 N–H and O–H groups in total. The number of ether oxygens (including phenoxy) is 1. The summed E-state index contributed by atoms with van der Waals surface area (Å²) in [5.41, 5.74) is 1.24. The fourth-order valence-corrected chi connectivity index (χ4v) is 2.74. The first-order valence-corrected chi connectivity index (χ1v) is 6.02. The van der Waals surface area contributed by atoms with E-state index in [0.717, 1.165) is 19.4 Å². The van der Waals surface area contributed by atoms with E-state index in [-0.39, 0.29) is 12.2 Å². The summed E-state index contributed by atoms with van der Waals surface area (Å²) < 4.78 is 5.45. The average molecular weight is 212 g/mol. The van der Waals surface area contributed by atoms with Gasteiger partial charge in [-0.2, -0.15) is 11.3 Å². The molecule has 0 bridgehead atoms. The highest BCUT2D eigenvalue weighted by Crippen LogP contribution is 2.26. The van der Waals surface area contributed by atoms with E-state index in [1.54, 1.807) is 11.3 Å². The van der Waals surface area contributed by atoms with Gasteiger partial charge in [0.05, 0.1) is 12.2 Å². The molecule has 1 saturated heterocycles. The molecule has 1 fully saturated rings. The zero-order valence-electron chi connectivity index (χ0n) is 8.35. The Bertz CT molecular complexity index is 271. The normalized spacial score (nSPS) is 29.3. The molecular formula is C11H16O2S. The minimum absolute atomic E-state index is 0.212. The zero-order chi connectivity index (χ0) is 9.97. The second kappa shape index (κ2) is 4.43. The van der Waals surface area contributed by atoms with Crippen molar-refractivity contribution in [3.05, 3.63) is 22.4 Å². The average Bonchev–Trinajstić information content (AvgIpc) is 2.75. The van der Waals surface area contributed by atoms with Crippen LogP contribution in [0.1, 0.15) is 18.9 Å². The van der Waals surface area contributed by atoms with Crippen molar-refractivity contribution in [2.75, 3.05) is 6.61 Å². The van der Waals surface area contributed by atoms with Crippen molar-refractivity contribution >= 4 is 11.3 Å². The number of aliphatic hydroxyl groups excluding tert-OH is 1. The van der Waals surface area contributed by atoms with Gasteiger partial charge in [0.15, 0.2) is 0 Å². The fraction of sp³-hybridized carbons (Fsp3) is 0.636. The van der Waals surface area contributed by atoms with E-state index >= 15 is 0 Å². The van der Waals surface area contributed by atoms with E-state index in [9.17, 15) is 5.11 Å². The van der Waals surface area contributed by atoms with E-state index in [1.165, 1.54) is 5.56 Å². The zero-order valence-corrected chi connectivity index (χ0v) is 9.17. The maximum absolute atomic E-state index is 10.0. The summed E-state index contributed by atoms with van der Waals surface area (Å²) >= 11 is 1.68. The lowest BCUT2D eigenvalue weighted by Gasteiger charge is -2.20. The van der Waals surface area contributed by atoms with Crippen LogP contribution in [0.5, 0.6) is 0 Å². The first-order chi connectivity index (χ1) is 6.77. The van der Waals surface area contributed by atoms with Crippen molar-refractivity contribution in [1.29, 1.82) is 0 Å². The van der Waals surface area contributed by atoms with Gasteiger partial charge in [0.25, 0.3) is 0 Å². The third kappa shape index (κ3) is 2.16. The summed E-state index contributed by atoms with van der Waals surface area (Å²) in [4.78, 5) is 0. The monoisotopic (exact) mass is 212 g/mol. The third-order valence-electron chi connectivity index (χ3n) is 2.95. The maximum atomic E-state index is 10.0. The van der Waals surface area contributed by atoms with E-state index in [2.05, 4.69) is 23.8 Å². The lowest BCUT2D eigenvalue weighted by Crippen LogP contribution is -2.27. The summed E-state index contributed by atoms with van der Waals surface area (Å²) in [5.74, 6) is 0.315. The molecule has 78 valence electrons. The van der Waals surface area contributed by atoms with E-state index < -0.39 is 0 Å². The van der Waals surface area contributed by atoms with Gasteiger partial charge in [-0.15, -0.1) is 0 Å². The number of hydrogen-bond donors (Lipinski definition) is 1. The molecule has 0 spiro atoms. The van der Waals surface area contributed by atoms with Crippen molar-refractivity contribution in [3.8, 4) is 0 Å². The first kappa shape index (κ1) is 10.1. The van der Waals surface area contributed by atoms with Crippen LogP contribution in [-0.4, -0.2) is 23.9 Å². The Morgan fingerprint density at radius 1 is 1.71 bits per heavy atom. The van der Waals surface area contributed by atoms with Crippen LogP contribution in [0.4, 0.5) is 0 Å². The SMILES string of the molecule is CC1OCCC1C(O)Cc1ccsc1. The van der Waals surface area contributed by atoms with Gasteiger partial charge in [-0.1, -0.05) is 0 Å². The van der Waals surface area contributed by atoms with Crippen molar-refractivity contribution in [1.82, 2.24) is 0 Å². The Labute approximate surface area is 88.5 Å². The molecule has 2 nitrogen and oxygen atoms in total. The van der Waals surface area contributed by atoms with Crippen LogP contribution in [-0.2, 0) is 11.2 Å². The van der Waals surface area contributed by atoms with Crippen LogP contribution in [0, 0.1) is 5.92 Å². The largest absolute Gasteiger partial charge is 0.392 e. The minimum Gasteiger partial charge on any atom is -0.392 e. The van der Waals surface area contributed by atoms with Crippen molar-refractivity contribution in [2.45, 2.75) is 32.0 Å². The van der Waals surface area contributed by atoms with Crippen LogP contribution < -0.4 is 0 Å². The molecule has 0 radical (unpaired) electrons. The molecule has 1 aliphatic heterocycles. The van der Waals surface area contributed by atoms with E-state index in [0.29, 0.717) is 5.92 Å². The van der Waals surface area contributed by atoms with Gasteiger partial charge in [0.1, 0.15) is 0 Å². The highest BCUT2D eigenvalue weighted by Gasteiger charge is 2.30. The Kier molecular flexibility index (Phi) is 3.21. The van der Waals surface area contributed by atoms with Crippen LogP contribution in [0.2, 0.25) is 0 Å². The van der Waals surface area contributed by atoms with Crippen molar-refractivity contribution in [3.63, 3.8) is 0 Å². The van der Waals surface area contributed by atoms with E-state index in [4.69, 9.17) is 4.74 Å². The van der Waals surface area contributed by atoms with Crippen LogP contribution in [0.3, 0.4) is 0 Å². The molecule has 14 heavy (non-hydrogen) atoms. The molecule has 2 rings (SSSR count). The molecule has 3 heteroatoms. The second-order valence-corrected chi connectivity index (χ2v) is 4.71. The maximum Gasteiger partial charge on any atom is 0.0634 e. The first-order valence-electron chi connectivity index (χ1n) is 5.08. The topological polar surface area (TPSA) is 29.5 Å². The van der Waals surface area contributed by atoms with Gasteiger partial charge >= 0.3 is 0 Å². The van der Waals surface area contributed by atoms with Crippen LogP contribution in [0.15, 0.2) is 16.8 Å². The van der Waals surface area contributed by atoms with Gasteiger partial charge in [-0.25, -0.2) is 0 Å². The third-order valence-corrected chi connectivity index (χ3v) is 3.69. The molecule has 1 aromatic heterocycles. The molecule has 0 aliphatic carbocycles. The van der Waals surface area contributed by atoms with Gasteiger partial charge in [-0.3, -0.25) is 0 Å². The smallest absolute Gasteiger partial charge is 0.0634 e. The van der Waals surface area contributed by atoms with Gasteiger partial charge in [0, 0.05) is 12.5 Å². The number of thiophene rings is 1. The summed E-state index contributed by atoms with van der Waals surface area (Å²) in [7, 11) is 0. The molecule has 0 amide bonds. The van der Waals surface area contributed by atoms with Crippen molar-refractivity contribution < 1.29 is 9.84 Å².